The molecule has 2 saturated carbocycles. The van der Waals surface area contributed by atoms with Gasteiger partial charge >= 0.3 is 5.92 Å². The summed E-state index contributed by atoms with van der Waals surface area (Å²) in [5, 5.41) is 12.0. The van der Waals surface area contributed by atoms with Crippen LogP contribution in [0.2, 0.25) is 5.02 Å². The van der Waals surface area contributed by atoms with Crippen LogP contribution in [0, 0.1) is 23.4 Å². The van der Waals surface area contributed by atoms with Crippen molar-refractivity contribution < 1.29 is 36.6 Å². The van der Waals surface area contributed by atoms with Crippen LogP contribution < -0.4 is 5.32 Å². The van der Waals surface area contributed by atoms with Gasteiger partial charge in [-0.2, -0.15) is 8.78 Å². The first-order chi connectivity index (χ1) is 15.4. The molecule has 5 rings (SSSR count). The van der Waals surface area contributed by atoms with Crippen LogP contribution in [-0.2, 0) is 10.7 Å². The lowest BCUT2D eigenvalue weighted by molar-refractivity contribution is -0.189. The summed E-state index contributed by atoms with van der Waals surface area (Å²) < 4.78 is 70.4. The molecular weight excluding hydrogens is 471 g/mol. The van der Waals surface area contributed by atoms with Gasteiger partial charge in [0.25, 0.3) is 11.8 Å². The predicted molar refractivity (Wildman–Crippen MR) is 106 cm³/mol. The van der Waals surface area contributed by atoms with E-state index < -0.39 is 69.1 Å². The third-order valence-electron chi connectivity index (χ3n) is 6.89. The van der Waals surface area contributed by atoms with Gasteiger partial charge in [0, 0.05) is 41.4 Å². The maximum absolute atomic E-state index is 15.3. The minimum absolute atomic E-state index is 0.216. The van der Waals surface area contributed by atoms with E-state index in [4.69, 9.17) is 11.6 Å². The molecule has 1 aliphatic heterocycles. The summed E-state index contributed by atoms with van der Waals surface area (Å²) in [7, 11) is 0. The van der Waals surface area contributed by atoms with Crippen LogP contribution >= 0.6 is 11.6 Å². The van der Waals surface area contributed by atoms with Gasteiger partial charge in [0.2, 0.25) is 0 Å². The molecule has 2 aliphatic carbocycles. The first-order valence-electron chi connectivity index (χ1n) is 10.1. The van der Waals surface area contributed by atoms with Crippen LogP contribution in [0.3, 0.4) is 0 Å². The molecule has 2 amide bonds. The topological polar surface area (TPSA) is 69.6 Å². The molecule has 2 aromatic carbocycles. The Kier molecular flexibility index (Phi) is 4.78. The molecule has 0 radical (unpaired) electrons. The summed E-state index contributed by atoms with van der Waals surface area (Å²) in [5.74, 6) is -11.6. The molecule has 5 nitrogen and oxygen atoms in total. The molecule has 2 bridgehead atoms. The Labute approximate surface area is 189 Å². The molecule has 2 N–H and O–H groups in total. The second kappa shape index (κ2) is 7.14. The second-order valence-electron chi connectivity index (χ2n) is 8.76. The van der Waals surface area contributed by atoms with Gasteiger partial charge in [0.1, 0.15) is 0 Å². The van der Waals surface area contributed by atoms with Crippen LogP contribution in [0.15, 0.2) is 30.3 Å². The number of rotatable bonds is 4. The van der Waals surface area contributed by atoms with Crippen LogP contribution in [0.25, 0.3) is 0 Å². The number of fused-ring (bicyclic) bond motifs is 1. The molecule has 2 aromatic rings. The van der Waals surface area contributed by atoms with Gasteiger partial charge in [-0.25, -0.2) is 13.2 Å². The molecule has 1 saturated heterocycles. The van der Waals surface area contributed by atoms with E-state index in [1.165, 1.54) is 0 Å². The Hall–Kier alpha value is -2.72. The van der Waals surface area contributed by atoms with E-state index in [1.54, 1.807) is 0 Å². The molecule has 1 heterocycles. The third-order valence-corrected chi connectivity index (χ3v) is 7.22. The summed E-state index contributed by atoms with van der Waals surface area (Å²) in [6, 6.07) is 2.98. The molecular formula is C22H16ClF5N2O3. The highest BCUT2D eigenvalue weighted by atomic mass is 35.5. The molecule has 2 unspecified atom stereocenters. The van der Waals surface area contributed by atoms with Crippen molar-refractivity contribution >= 4 is 29.1 Å². The number of carbonyl (C=O) groups excluding carboxylic acids is 2. The second-order valence-corrected chi connectivity index (χ2v) is 9.17. The first-order valence-corrected chi connectivity index (χ1v) is 10.5. The van der Waals surface area contributed by atoms with Gasteiger partial charge in [-0.1, -0.05) is 11.6 Å². The van der Waals surface area contributed by atoms with Crippen LogP contribution in [0.1, 0.15) is 35.2 Å². The highest BCUT2D eigenvalue weighted by molar-refractivity contribution is 6.32. The number of anilines is 1. The van der Waals surface area contributed by atoms with Crippen molar-refractivity contribution in [1.82, 2.24) is 4.90 Å². The fourth-order valence-electron chi connectivity index (χ4n) is 5.36. The zero-order valence-electron chi connectivity index (χ0n) is 16.7. The Morgan fingerprint density at radius 2 is 1.79 bits per heavy atom. The largest absolute Gasteiger partial charge is 0.389 e. The SMILES string of the molecule is O=C(Nc1cc(F)c(F)c(F)c1)c1ccc(Cl)c(C(F)(F)C(=O)N2C3CC4[C@@H]2C[C@]4(O)C3)c1. The molecule has 33 heavy (non-hydrogen) atoms. The minimum Gasteiger partial charge on any atom is -0.389 e. The van der Waals surface area contributed by atoms with Crippen molar-refractivity contribution in [2.75, 3.05) is 5.32 Å². The van der Waals surface area contributed by atoms with E-state index in [2.05, 4.69) is 5.32 Å². The maximum Gasteiger partial charge on any atom is 0.351 e. The van der Waals surface area contributed by atoms with E-state index in [0.717, 1.165) is 23.1 Å². The number of halogens is 6. The van der Waals surface area contributed by atoms with E-state index in [1.807, 2.05) is 0 Å². The number of amides is 2. The summed E-state index contributed by atoms with van der Waals surface area (Å²) >= 11 is 5.94. The average molecular weight is 487 g/mol. The van der Waals surface area contributed by atoms with Crippen molar-refractivity contribution in [3.63, 3.8) is 0 Å². The highest BCUT2D eigenvalue weighted by Crippen LogP contribution is 2.61. The maximum atomic E-state index is 15.3. The van der Waals surface area contributed by atoms with Crippen molar-refractivity contribution in [2.45, 2.75) is 42.9 Å². The van der Waals surface area contributed by atoms with E-state index in [0.29, 0.717) is 18.6 Å². The Bertz CT molecular complexity index is 1180. The number of nitrogens with one attached hydrogen (secondary N) is 1. The van der Waals surface area contributed by atoms with Crippen LogP contribution in [0.5, 0.6) is 0 Å². The first kappa shape index (κ1) is 22.1. The molecule has 174 valence electrons. The molecule has 11 heteroatoms. The smallest absolute Gasteiger partial charge is 0.351 e. The number of nitrogens with zero attached hydrogens (tertiary/aromatic N) is 1. The molecule has 3 aliphatic rings. The lowest BCUT2D eigenvalue weighted by Crippen LogP contribution is -2.66. The van der Waals surface area contributed by atoms with Crippen LogP contribution in [-0.4, -0.2) is 39.5 Å². The standard InChI is InChI=1S/C22H16ClF5N2O3/c23-14-2-1-9(19(31)29-10-4-15(24)18(26)16(25)5-10)3-12(14)22(27,28)20(32)30-11-6-13-17(30)8-21(13,33)7-11/h1-5,11,13,17,33H,6-8H2,(H,29,31)/t11?,13?,17-,21+/m0/s1. The number of benzene rings is 2. The predicted octanol–water partition coefficient (Wildman–Crippen LogP) is 4.23. The number of alkyl halides is 2. The van der Waals surface area contributed by atoms with Gasteiger partial charge in [0.05, 0.1) is 16.2 Å². The highest BCUT2D eigenvalue weighted by Gasteiger charge is 2.70. The van der Waals surface area contributed by atoms with Gasteiger partial charge < -0.3 is 15.3 Å². The average Bonchev–Trinajstić information content (AvgIpc) is 3.18. The number of carbonyl (C=O) groups is 2. The molecule has 4 atom stereocenters. The number of hydrogen-bond acceptors (Lipinski definition) is 3. The normalized spacial score (nSPS) is 27.5. The molecule has 3 fully saturated rings. The number of likely N-dealkylation sites (tertiary alicyclic amines) is 1. The van der Waals surface area contributed by atoms with Gasteiger partial charge in [-0.15, -0.1) is 0 Å². The fraction of sp³-hybridized carbons (Fsp3) is 0.364. The summed E-state index contributed by atoms with van der Waals surface area (Å²) in [5.41, 5.74) is -2.55. The van der Waals surface area contributed by atoms with Gasteiger partial charge in [-0.3, -0.25) is 9.59 Å². The van der Waals surface area contributed by atoms with E-state index in [-0.39, 0.29) is 24.3 Å². The number of piperidine rings is 2. The Morgan fingerprint density at radius 1 is 1.12 bits per heavy atom. The lowest BCUT2D eigenvalue weighted by atomic mass is 9.66. The minimum atomic E-state index is -4.06. The Balaban J connectivity index is 1.40. The molecule has 0 aromatic heterocycles. The Morgan fingerprint density at radius 3 is 2.36 bits per heavy atom. The van der Waals surface area contributed by atoms with E-state index >= 15 is 8.78 Å². The summed E-state index contributed by atoms with van der Waals surface area (Å²) in [4.78, 5) is 26.4. The van der Waals surface area contributed by atoms with E-state index in [9.17, 15) is 27.9 Å². The fourth-order valence-corrected chi connectivity index (χ4v) is 5.59. The monoisotopic (exact) mass is 486 g/mol. The lowest BCUT2D eigenvalue weighted by Gasteiger charge is -2.54. The zero-order valence-corrected chi connectivity index (χ0v) is 17.5. The van der Waals surface area contributed by atoms with Crippen molar-refractivity contribution in [2.24, 2.45) is 5.92 Å². The zero-order chi connectivity index (χ0) is 23.9. The van der Waals surface area contributed by atoms with Crippen molar-refractivity contribution in [1.29, 1.82) is 0 Å². The van der Waals surface area contributed by atoms with Gasteiger partial charge in [0.15, 0.2) is 17.5 Å². The molecule has 0 spiro atoms. The van der Waals surface area contributed by atoms with Crippen molar-refractivity contribution in [3.05, 3.63) is 63.9 Å². The summed E-state index contributed by atoms with van der Waals surface area (Å²) in [6.07, 6.45) is 0.956. The van der Waals surface area contributed by atoms with Crippen molar-refractivity contribution in [3.8, 4) is 0 Å². The summed E-state index contributed by atoms with van der Waals surface area (Å²) in [6.45, 7) is 0. The quantitative estimate of drug-likeness (QED) is 0.502. The number of hydrogen-bond donors (Lipinski definition) is 2. The van der Waals surface area contributed by atoms with Gasteiger partial charge in [-0.05, 0) is 37.5 Å². The third kappa shape index (κ3) is 3.22. The van der Waals surface area contributed by atoms with Crippen LogP contribution in [0.4, 0.5) is 27.6 Å². The number of aliphatic hydroxyl groups is 1.